The molecule has 7 nitrogen and oxygen atoms in total. The predicted octanol–water partition coefficient (Wildman–Crippen LogP) is 2.68. The molecule has 2 aliphatic rings. The van der Waals surface area contributed by atoms with E-state index in [9.17, 15) is 10.3 Å². The number of rotatable bonds is 4. The Labute approximate surface area is 157 Å². The summed E-state index contributed by atoms with van der Waals surface area (Å²) in [7, 11) is 3.62. The van der Waals surface area contributed by atoms with Crippen molar-refractivity contribution in [2.75, 3.05) is 27.5 Å². The minimum Gasteiger partial charge on any atom is -0.507 e. The first-order valence-corrected chi connectivity index (χ1v) is 8.74. The number of nitrogens with zero attached hydrogens (tertiary/aromatic N) is 1. The molecule has 0 radical (unpaired) electrons. The second-order valence-corrected chi connectivity index (χ2v) is 6.60. The van der Waals surface area contributed by atoms with Crippen LogP contribution in [0.2, 0.25) is 0 Å². The summed E-state index contributed by atoms with van der Waals surface area (Å²) < 4.78 is 16.8. The number of fused-ring (bicyclic) bond motifs is 2. The molecule has 2 aliphatic heterocycles. The van der Waals surface area contributed by atoms with Crippen molar-refractivity contribution in [3.63, 3.8) is 0 Å². The SMILES string of the molecule is COc1c2c(cc3c1[C@H](/C=C(/NO)c1ccccc1O)N(C)CC3)OCO2. The van der Waals surface area contributed by atoms with Crippen LogP contribution in [0.15, 0.2) is 36.4 Å². The Bertz CT molecular complexity index is 896. The molecular weight excluding hydrogens is 348 g/mol. The van der Waals surface area contributed by atoms with Gasteiger partial charge in [0.2, 0.25) is 12.5 Å². The van der Waals surface area contributed by atoms with Crippen LogP contribution in [0.25, 0.3) is 5.70 Å². The van der Waals surface area contributed by atoms with Gasteiger partial charge in [0.25, 0.3) is 0 Å². The maximum atomic E-state index is 10.2. The molecule has 0 aliphatic carbocycles. The smallest absolute Gasteiger partial charge is 0.231 e. The predicted molar refractivity (Wildman–Crippen MR) is 99.2 cm³/mol. The molecule has 0 fully saturated rings. The summed E-state index contributed by atoms with van der Waals surface area (Å²) in [6, 6.07) is 8.67. The lowest BCUT2D eigenvalue weighted by Gasteiger charge is -2.34. The van der Waals surface area contributed by atoms with Crippen LogP contribution in [0.5, 0.6) is 23.0 Å². The molecule has 27 heavy (non-hydrogen) atoms. The lowest BCUT2D eigenvalue weighted by Crippen LogP contribution is -2.32. The van der Waals surface area contributed by atoms with Crippen molar-refractivity contribution < 1.29 is 24.5 Å². The van der Waals surface area contributed by atoms with Crippen molar-refractivity contribution in [1.82, 2.24) is 10.4 Å². The molecule has 0 saturated heterocycles. The number of ether oxygens (including phenoxy) is 3. The van der Waals surface area contributed by atoms with Crippen LogP contribution in [0.4, 0.5) is 0 Å². The average molecular weight is 370 g/mol. The van der Waals surface area contributed by atoms with E-state index in [4.69, 9.17) is 14.2 Å². The molecule has 2 heterocycles. The number of nitrogens with one attached hydrogen (secondary N) is 1. The van der Waals surface area contributed by atoms with Crippen LogP contribution in [-0.4, -0.2) is 42.7 Å². The molecule has 7 heteroatoms. The van der Waals surface area contributed by atoms with Crippen molar-refractivity contribution in [1.29, 1.82) is 0 Å². The molecule has 2 aromatic rings. The zero-order chi connectivity index (χ0) is 19.0. The van der Waals surface area contributed by atoms with Crippen molar-refractivity contribution >= 4 is 5.70 Å². The highest BCUT2D eigenvalue weighted by Crippen LogP contribution is 2.50. The molecule has 0 aromatic heterocycles. The standard InChI is InChI=1S/C20H22N2O5/c1-22-8-7-12-9-17-19(27-11-26-17)20(25-2)18(12)15(22)10-14(21-24)13-5-3-4-6-16(13)23/h3-6,9-10,15,21,23-24H,7-8,11H2,1-2H3/b14-10+/t15-/m0/s1. The summed E-state index contributed by atoms with van der Waals surface area (Å²) in [5, 5.41) is 19.9. The molecule has 3 N–H and O–H groups in total. The molecule has 0 unspecified atom stereocenters. The molecule has 0 amide bonds. The number of benzene rings is 2. The number of methoxy groups -OCH3 is 1. The van der Waals surface area contributed by atoms with E-state index >= 15 is 0 Å². The summed E-state index contributed by atoms with van der Waals surface area (Å²) in [5.74, 6) is 2.02. The first-order valence-electron chi connectivity index (χ1n) is 8.74. The Morgan fingerprint density at radius 3 is 2.89 bits per heavy atom. The fourth-order valence-corrected chi connectivity index (χ4v) is 3.72. The highest BCUT2D eigenvalue weighted by atomic mass is 16.7. The first-order chi connectivity index (χ1) is 13.1. The van der Waals surface area contributed by atoms with Gasteiger partial charge in [0.05, 0.1) is 18.8 Å². The monoisotopic (exact) mass is 370 g/mol. The van der Waals surface area contributed by atoms with E-state index in [0.29, 0.717) is 28.5 Å². The first kappa shape index (κ1) is 17.5. The van der Waals surface area contributed by atoms with E-state index in [-0.39, 0.29) is 18.6 Å². The fourth-order valence-electron chi connectivity index (χ4n) is 3.72. The number of phenols is 1. The topological polar surface area (TPSA) is 83.4 Å². The summed E-state index contributed by atoms with van der Waals surface area (Å²) >= 11 is 0. The number of likely N-dealkylation sites (N-methyl/N-ethyl adjacent to an activating group) is 1. The summed E-state index contributed by atoms with van der Waals surface area (Å²) in [5.41, 5.74) is 5.24. The average Bonchev–Trinajstić information content (AvgIpc) is 3.15. The van der Waals surface area contributed by atoms with E-state index in [1.807, 2.05) is 19.2 Å². The van der Waals surface area contributed by atoms with Crippen LogP contribution in [0.1, 0.15) is 22.7 Å². The molecular formula is C20H22N2O5. The van der Waals surface area contributed by atoms with E-state index in [2.05, 4.69) is 10.4 Å². The Balaban J connectivity index is 1.86. The summed E-state index contributed by atoms with van der Waals surface area (Å²) in [6.45, 7) is 1.00. The second kappa shape index (κ2) is 7.02. The minimum atomic E-state index is -0.188. The lowest BCUT2D eigenvalue weighted by molar-refractivity contribution is 0.171. The van der Waals surface area contributed by atoms with Crippen molar-refractivity contribution in [3.8, 4) is 23.0 Å². The minimum absolute atomic E-state index is 0.0848. The van der Waals surface area contributed by atoms with Crippen molar-refractivity contribution in [2.45, 2.75) is 12.5 Å². The maximum absolute atomic E-state index is 10.2. The Morgan fingerprint density at radius 1 is 1.33 bits per heavy atom. The van der Waals surface area contributed by atoms with Crippen molar-refractivity contribution in [3.05, 3.63) is 53.1 Å². The van der Waals surface area contributed by atoms with Gasteiger partial charge in [-0.15, -0.1) is 0 Å². The maximum Gasteiger partial charge on any atom is 0.231 e. The van der Waals surface area contributed by atoms with Gasteiger partial charge in [-0.1, -0.05) is 12.1 Å². The summed E-state index contributed by atoms with van der Waals surface area (Å²) in [6.07, 6.45) is 2.72. The third-order valence-corrected chi connectivity index (χ3v) is 5.09. The third kappa shape index (κ3) is 2.94. The number of hydrogen-bond acceptors (Lipinski definition) is 7. The van der Waals surface area contributed by atoms with Gasteiger partial charge in [-0.2, -0.15) is 0 Å². The van der Waals surface area contributed by atoms with Crippen LogP contribution < -0.4 is 19.7 Å². The fraction of sp³-hybridized carbons (Fsp3) is 0.300. The van der Waals surface area contributed by atoms with E-state index < -0.39 is 0 Å². The van der Waals surface area contributed by atoms with Gasteiger partial charge in [-0.25, -0.2) is 0 Å². The third-order valence-electron chi connectivity index (χ3n) is 5.09. The number of phenolic OH excluding ortho intramolecular Hbond substituents is 1. The van der Waals surface area contributed by atoms with Crippen LogP contribution >= 0.6 is 0 Å². The van der Waals surface area contributed by atoms with Gasteiger partial charge in [0.15, 0.2) is 11.5 Å². The molecule has 1 atom stereocenters. The van der Waals surface area contributed by atoms with Gasteiger partial charge in [-0.05, 0) is 43.3 Å². The quantitative estimate of drug-likeness (QED) is 0.714. The normalized spacial score (nSPS) is 18.9. The number of hydroxylamine groups is 1. The van der Waals surface area contributed by atoms with Gasteiger partial charge >= 0.3 is 0 Å². The molecule has 4 rings (SSSR count). The highest BCUT2D eigenvalue weighted by Gasteiger charge is 2.33. The summed E-state index contributed by atoms with van der Waals surface area (Å²) in [4.78, 5) is 2.16. The molecule has 0 saturated carbocycles. The zero-order valence-corrected chi connectivity index (χ0v) is 15.2. The Kier molecular flexibility index (Phi) is 4.55. The van der Waals surface area contributed by atoms with Crippen LogP contribution in [0.3, 0.4) is 0 Å². The van der Waals surface area contributed by atoms with Gasteiger partial charge in [0.1, 0.15) is 5.75 Å². The Morgan fingerprint density at radius 2 is 2.15 bits per heavy atom. The molecule has 142 valence electrons. The van der Waals surface area contributed by atoms with E-state index in [0.717, 1.165) is 24.1 Å². The Hall–Kier alpha value is -2.90. The number of para-hydroxylation sites is 1. The molecule has 0 spiro atoms. The van der Waals surface area contributed by atoms with Crippen molar-refractivity contribution in [2.24, 2.45) is 0 Å². The lowest BCUT2D eigenvalue weighted by atomic mass is 9.90. The van der Waals surface area contributed by atoms with Crippen LogP contribution in [-0.2, 0) is 6.42 Å². The number of hydrogen-bond donors (Lipinski definition) is 3. The van der Waals surface area contributed by atoms with Gasteiger partial charge in [-0.3, -0.25) is 15.6 Å². The highest BCUT2D eigenvalue weighted by molar-refractivity contribution is 5.70. The van der Waals surface area contributed by atoms with E-state index in [1.54, 1.807) is 31.4 Å². The zero-order valence-electron chi connectivity index (χ0n) is 15.2. The molecule has 2 aromatic carbocycles. The largest absolute Gasteiger partial charge is 0.507 e. The van der Waals surface area contributed by atoms with E-state index in [1.165, 1.54) is 0 Å². The second-order valence-electron chi connectivity index (χ2n) is 6.60. The van der Waals surface area contributed by atoms with Gasteiger partial charge in [0, 0.05) is 17.7 Å². The molecule has 0 bridgehead atoms. The van der Waals surface area contributed by atoms with Crippen LogP contribution in [0, 0.1) is 0 Å². The van der Waals surface area contributed by atoms with Gasteiger partial charge < -0.3 is 19.3 Å². The number of aromatic hydroxyl groups is 1.